The maximum absolute atomic E-state index is 11.0. The Hall–Kier alpha value is -2.19. The molecule has 1 unspecified atom stereocenters. The lowest BCUT2D eigenvalue weighted by atomic mass is 10.0. The molecule has 2 nitrogen and oxygen atoms in total. The van der Waals surface area contributed by atoms with Gasteiger partial charge in [0.1, 0.15) is 5.78 Å². The first kappa shape index (κ1) is 15.2. The van der Waals surface area contributed by atoms with Gasteiger partial charge in [0, 0.05) is 6.42 Å². The van der Waals surface area contributed by atoms with Gasteiger partial charge in [-0.15, -0.1) is 0 Å². The van der Waals surface area contributed by atoms with Crippen molar-refractivity contribution >= 4 is 17.9 Å². The van der Waals surface area contributed by atoms with E-state index in [4.69, 9.17) is 0 Å². The number of benzene rings is 2. The first-order valence-electron chi connectivity index (χ1n) is 7.07. The van der Waals surface area contributed by atoms with E-state index in [1.54, 1.807) is 0 Å². The Bertz CT molecular complexity index is 622. The van der Waals surface area contributed by atoms with Crippen LogP contribution in [0.25, 0.3) is 12.2 Å². The zero-order valence-corrected chi connectivity index (χ0v) is 12.4. The maximum atomic E-state index is 11.0. The van der Waals surface area contributed by atoms with Crippen molar-refractivity contribution in [3.05, 3.63) is 70.8 Å². The summed E-state index contributed by atoms with van der Waals surface area (Å²) in [5, 5.41) is 9.88. The number of hydrogen-bond acceptors (Lipinski definition) is 2. The number of Topliss-reactive ketones (excluding diaryl/α,β-unsaturated/α-hetero) is 1. The predicted octanol–water partition coefficient (Wildman–Crippen LogP) is 4.18. The summed E-state index contributed by atoms with van der Waals surface area (Å²) in [4.78, 5) is 11.0. The van der Waals surface area contributed by atoms with Crippen LogP contribution in [0.1, 0.15) is 41.7 Å². The van der Waals surface area contributed by atoms with Crippen LogP contribution in [0.4, 0.5) is 0 Å². The number of aryl methyl sites for hydroxylation is 1. The Morgan fingerprint density at radius 3 is 1.95 bits per heavy atom. The van der Waals surface area contributed by atoms with Crippen molar-refractivity contribution in [2.24, 2.45) is 0 Å². The lowest BCUT2D eigenvalue weighted by Gasteiger charge is -2.08. The molecule has 0 heterocycles. The average Bonchev–Trinajstić information content (AvgIpc) is 2.46. The molecule has 0 radical (unpaired) electrons. The molecule has 2 heteroatoms. The molecule has 0 bridgehead atoms. The number of carbonyl (C=O) groups is 1. The van der Waals surface area contributed by atoms with E-state index < -0.39 is 6.10 Å². The molecular weight excluding hydrogens is 260 g/mol. The molecule has 2 rings (SSSR count). The highest BCUT2D eigenvalue weighted by molar-refractivity contribution is 5.76. The monoisotopic (exact) mass is 280 g/mol. The predicted molar refractivity (Wildman–Crippen MR) is 86.8 cm³/mol. The van der Waals surface area contributed by atoms with E-state index in [1.807, 2.05) is 30.3 Å². The molecule has 0 aromatic heterocycles. The molecule has 0 saturated carbocycles. The van der Waals surface area contributed by atoms with Crippen molar-refractivity contribution in [3.63, 3.8) is 0 Å². The van der Waals surface area contributed by atoms with Crippen LogP contribution in [-0.2, 0) is 4.79 Å². The van der Waals surface area contributed by atoms with Crippen molar-refractivity contribution in [1.82, 2.24) is 0 Å². The number of aliphatic hydroxyl groups is 1. The van der Waals surface area contributed by atoms with Gasteiger partial charge in [0.25, 0.3) is 0 Å². The molecule has 1 N–H and O–H groups in total. The van der Waals surface area contributed by atoms with Crippen molar-refractivity contribution in [3.8, 4) is 0 Å². The Labute approximate surface area is 125 Å². The second kappa shape index (κ2) is 7.00. The molecule has 108 valence electrons. The van der Waals surface area contributed by atoms with Gasteiger partial charge in [-0.2, -0.15) is 0 Å². The van der Waals surface area contributed by atoms with Gasteiger partial charge < -0.3 is 5.11 Å². The minimum Gasteiger partial charge on any atom is -0.388 e. The van der Waals surface area contributed by atoms with Gasteiger partial charge in [-0.1, -0.05) is 66.2 Å². The topological polar surface area (TPSA) is 37.3 Å². The normalized spacial score (nSPS) is 12.5. The SMILES string of the molecule is CC(=O)CC(O)c1ccc(/C=C/c2ccc(C)cc2)cc1. The van der Waals surface area contributed by atoms with Crippen molar-refractivity contribution < 1.29 is 9.90 Å². The summed E-state index contributed by atoms with van der Waals surface area (Å²) in [6.07, 6.45) is 3.54. The van der Waals surface area contributed by atoms with Crippen LogP contribution in [0, 0.1) is 6.92 Å². The molecule has 0 aliphatic carbocycles. The Kier molecular flexibility index (Phi) is 5.07. The van der Waals surface area contributed by atoms with Gasteiger partial charge in [0.05, 0.1) is 6.10 Å². The lowest BCUT2D eigenvalue weighted by Crippen LogP contribution is -2.02. The van der Waals surface area contributed by atoms with E-state index in [1.165, 1.54) is 12.5 Å². The fraction of sp³-hybridized carbons (Fsp3) is 0.211. The average molecular weight is 280 g/mol. The van der Waals surface area contributed by atoms with Crippen LogP contribution in [0.5, 0.6) is 0 Å². The van der Waals surface area contributed by atoms with Crippen LogP contribution in [-0.4, -0.2) is 10.9 Å². The summed E-state index contributed by atoms with van der Waals surface area (Å²) in [7, 11) is 0. The number of aliphatic hydroxyl groups excluding tert-OH is 1. The number of rotatable bonds is 5. The Balaban J connectivity index is 2.05. The van der Waals surface area contributed by atoms with Crippen LogP contribution >= 0.6 is 0 Å². The van der Waals surface area contributed by atoms with Gasteiger partial charge in [0.15, 0.2) is 0 Å². The largest absolute Gasteiger partial charge is 0.388 e. The lowest BCUT2D eigenvalue weighted by molar-refractivity contribution is -0.118. The minimum atomic E-state index is -0.711. The van der Waals surface area contributed by atoms with E-state index in [0.29, 0.717) is 0 Å². The van der Waals surface area contributed by atoms with Crippen LogP contribution < -0.4 is 0 Å². The van der Waals surface area contributed by atoms with E-state index in [0.717, 1.165) is 16.7 Å². The number of hydrogen-bond donors (Lipinski definition) is 1. The molecule has 21 heavy (non-hydrogen) atoms. The second-order valence-corrected chi connectivity index (χ2v) is 5.33. The van der Waals surface area contributed by atoms with Crippen molar-refractivity contribution in [2.75, 3.05) is 0 Å². The van der Waals surface area contributed by atoms with Gasteiger partial charge >= 0.3 is 0 Å². The summed E-state index contributed by atoms with van der Waals surface area (Å²) < 4.78 is 0. The summed E-state index contributed by atoms with van der Waals surface area (Å²) in [6, 6.07) is 16.0. The molecule has 0 amide bonds. The van der Waals surface area contributed by atoms with E-state index >= 15 is 0 Å². The Morgan fingerprint density at radius 1 is 1.00 bits per heavy atom. The first-order valence-corrected chi connectivity index (χ1v) is 7.07. The quantitative estimate of drug-likeness (QED) is 0.834. The third-order valence-corrected chi connectivity index (χ3v) is 3.35. The molecule has 0 aliphatic heterocycles. The summed E-state index contributed by atoms with van der Waals surface area (Å²) in [6.45, 7) is 3.56. The van der Waals surface area contributed by atoms with E-state index in [-0.39, 0.29) is 12.2 Å². The third kappa shape index (κ3) is 4.69. The fourth-order valence-electron chi connectivity index (χ4n) is 2.09. The molecular formula is C19H20O2. The standard InChI is InChI=1S/C19H20O2/c1-14-3-5-16(6-4-14)7-8-17-9-11-18(12-10-17)19(21)13-15(2)20/h3-12,19,21H,13H2,1-2H3/b8-7+. The summed E-state index contributed by atoms with van der Waals surface area (Å²) in [5.74, 6) is -0.00848. The van der Waals surface area contributed by atoms with Gasteiger partial charge in [-0.3, -0.25) is 4.79 Å². The van der Waals surface area contributed by atoms with Crippen molar-refractivity contribution in [2.45, 2.75) is 26.4 Å². The molecule has 0 spiro atoms. The van der Waals surface area contributed by atoms with Gasteiger partial charge in [-0.05, 0) is 30.5 Å². The van der Waals surface area contributed by atoms with Gasteiger partial charge in [0.2, 0.25) is 0 Å². The Morgan fingerprint density at radius 2 is 1.48 bits per heavy atom. The molecule has 0 fully saturated rings. The zero-order valence-electron chi connectivity index (χ0n) is 12.4. The highest BCUT2D eigenvalue weighted by Gasteiger charge is 2.09. The maximum Gasteiger partial charge on any atom is 0.132 e. The first-order chi connectivity index (χ1) is 10.0. The summed E-state index contributed by atoms with van der Waals surface area (Å²) >= 11 is 0. The molecule has 2 aromatic rings. The van der Waals surface area contributed by atoms with E-state index in [9.17, 15) is 9.90 Å². The molecule has 1 atom stereocenters. The molecule has 0 aliphatic rings. The zero-order chi connectivity index (χ0) is 15.2. The minimum absolute atomic E-state index is 0.00848. The smallest absolute Gasteiger partial charge is 0.132 e. The second-order valence-electron chi connectivity index (χ2n) is 5.33. The van der Waals surface area contributed by atoms with Crippen LogP contribution in [0.2, 0.25) is 0 Å². The molecule has 2 aromatic carbocycles. The highest BCUT2D eigenvalue weighted by Crippen LogP contribution is 2.18. The van der Waals surface area contributed by atoms with Crippen molar-refractivity contribution in [1.29, 1.82) is 0 Å². The van der Waals surface area contributed by atoms with Crippen LogP contribution in [0.15, 0.2) is 48.5 Å². The molecule has 0 saturated heterocycles. The highest BCUT2D eigenvalue weighted by atomic mass is 16.3. The summed E-state index contributed by atoms with van der Waals surface area (Å²) in [5.41, 5.74) is 4.24. The fourth-order valence-corrected chi connectivity index (χ4v) is 2.09. The number of carbonyl (C=O) groups excluding carboxylic acids is 1. The number of ketones is 1. The van der Waals surface area contributed by atoms with E-state index in [2.05, 4.69) is 37.3 Å². The van der Waals surface area contributed by atoms with Gasteiger partial charge in [-0.25, -0.2) is 0 Å². The van der Waals surface area contributed by atoms with Crippen LogP contribution in [0.3, 0.4) is 0 Å². The third-order valence-electron chi connectivity index (χ3n) is 3.35.